The molecule has 0 spiro atoms. The van der Waals surface area contributed by atoms with Gasteiger partial charge < -0.3 is 10.6 Å². The van der Waals surface area contributed by atoms with Gasteiger partial charge in [0.25, 0.3) is 0 Å². The molecule has 0 aliphatic carbocycles. The number of benzene rings is 1. The third-order valence-corrected chi connectivity index (χ3v) is 3.63. The average molecular weight is 299 g/mol. The smallest absolute Gasteiger partial charge is 0.243 e. The van der Waals surface area contributed by atoms with Crippen molar-refractivity contribution in [1.29, 1.82) is 0 Å². The molecule has 0 heterocycles. The van der Waals surface area contributed by atoms with E-state index in [1.165, 1.54) is 19.1 Å². The van der Waals surface area contributed by atoms with Crippen LogP contribution in [-0.4, -0.2) is 26.8 Å². The van der Waals surface area contributed by atoms with Gasteiger partial charge in [0.15, 0.2) is 0 Å². The Labute approximate surface area is 117 Å². The lowest BCUT2D eigenvalue weighted by Gasteiger charge is -2.12. The van der Waals surface area contributed by atoms with Gasteiger partial charge in [0.1, 0.15) is 0 Å². The van der Waals surface area contributed by atoms with Crippen molar-refractivity contribution in [2.45, 2.75) is 25.7 Å². The molecule has 110 valence electrons. The maximum Gasteiger partial charge on any atom is 0.243 e. The van der Waals surface area contributed by atoms with Crippen LogP contribution in [0.25, 0.3) is 0 Å². The summed E-state index contributed by atoms with van der Waals surface area (Å²) in [5.41, 5.74) is 1.77. The van der Waals surface area contributed by atoms with Gasteiger partial charge in [0.05, 0.1) is 11.4 Å². The second-order valence-corrected chi connectivity index (χ2v) is 5.98. The van der Waals surface area contributed by atoms with Crippen molar-refractivity contribution in [2.24, 2.45) is 5.14 Å². The Bertz CT molecular complexity index is 653. The van der Waals surface area contributed by atoms with E-state index in [0.717, 1.165) is 5.56 Å². The van der Waals surface area contributed by atoms with E-state index in [2.05, 4.69) is 10.6 Å². The molecule has 7 nitrogen and oxygen atoms in total. The zero-order valence-electron chi connectivity index (χ0n) is 11.5. The summed E-state index contributed by atoms with van der Waals surface area (Å²) in [5.74, 6) is -0.777. The topological polar surface area (TPSA) is 118 Å². The molecule has 2 amide bonds. The van der Waals surface area contributed by atoms with Crippen molar-refractivity contribution < 1.29 is 18.0 Å². The first-order valence-electron chi connectivity index (χ1n) is 5.79. The fraction of sp³-hybridized carbons (Fsp3) is 0.333. The number of amides is 2. The number of anilines is 1. The molecule has 0 radical (unpaired) electrons. The number of carbonyl (C=O) groups excluding carboxylic acids is 2. The first kappa shape index (κ1) is 16.1. The highest BCUT2D eigenvalue weighted by Gasteiger charge is 2.14. The highest BCUT2D eigenvalue weighted by molar-refractivity contribution is 7.89. The maximum absolute atomic E-state index is 11.6. The number of rotatable bonds is 4. The molecule has 0 aliphatic heterocycles. The van der Waals surface area contributed by atoms with Crippen molar-refractivity contribution in [1.82, 2.24) is 5.32 Å². The van der Waals surface area contributed by atoms with Crippen LogP contribution in [0.15, 0.2) is 17.0 Å². The van der Waals surface area contributed by atoms with Gasteiger partial charge in [-0.3, -0.25) is 9.59 Å². The average Bonchev–Trinajstić information content (AvgIpc) is 2.30. The van der Waals surface area contributed by atoms with Crippen LogP contribution in [0.5, 0.6) is 0 Å². The zero-order valence-corrected chi connectivity index (χ0v) is 12.3. The summed E-state index contributed by atoms with van der Waals surface area (Å²) in [4.78, 5) is 22.3. The molecule has 1 rings (SSSR count). The van der Waals surface area contributed by atoms with Gasteiger partial charge in [0.2, 0.25) is 21.8 Å². The Kier molecular flexibility index (Phi) is 4.85. The van der Waals surface area contributed by atoms with Gasteiger partial charge in [-0.15, -0.1) is 0 Å². The Balaban J connectivity index is 3.03. The number of hydrogen-bond acceptors (Lipinski definition) is 4. The fourth-order valence-corrected chi connectivity index (χ4v) is 2.14. The van der Waals surface area contributed by atoms with Crippen LogP contribution in [0.4, 0.5) is 5.69 Å². The minimum atomic E-state index is -3.85. The van der Waals surface area contributed by atoms with E-state index < -0.39 is 15.9 Å². The van der Waals surface area contributed by atoms with Gasteiger partial charge in [-0.05, 0) is 37.1 Å². The molecular formula is C12H17N3O4S. The van der Waals surface area contributed by atoms with Gasteiger partial charge in [0, 0.05) is 12.6 Å². The molecule has 0 fully saturated rings. The van der Waals surface area contributed by atoms with Crippen LogP contribution >= 0.6 is 0 Å². The van der Waals surface area contributed by atoms with E-state index >= 15 is 0 Å². The molecule has 0 aliphatic rings. The van der Waals surface area contributed by atoms with Crippen LogP contribution in [0, 0.1) is 13.8 Å². The monoisotopic (exact) mass is 299 g/mol. The normalized spacial score (nSPS) is 11.0. The Hall–Kier alpha value is -1.93. The maximum atomic E-state index is 11.6. The van der Waals surface area contributed by atoms with Gasteiger partial charge in [-0.25, -0.2) is 13.6 Å². The van der Waals surface area contributed by atoms with Crippen LogP contribution in [-0.2, 0) is 19.6 Å². The molecule has 0 aromatic heterocycles. The quantitative estimate of drug-likeness (QED) is 0.726. The number of nitrogens with two attached hydrogens (primary N) is 1. The van der Waals surface area contributed by atoms with Crippen molar-refractivity contribution in [3.05, 3.63) is 23.3 Å². The predicted molar refractivity (Wildman–Crippen MR) is 74.6 cm³/mol. The molecule has 1 aromatic carbocycles. The molecular weight excluding hydrogens is 282 g/mol. The summed E-state index contributed by atoms with van der Waals surface area (Å²) >= 11 is 0. The first-order chi connectivity index (χ1) is 9.11. The van der Waals surface area contributed by atoms with Crippen LogP contribution in [0.3, 0.4) is 0 Å². The Morgan fingerprint density at radius 2 is 1.85 bits per heavy atom. The van der Waals surface area contributed by atoms with Crippen LogP contribution < -0.4 is 15.8 Å². The van der Waals surface area contributed by atoms with E-state index in [4.69, 9.17) is 5.14 Å². The predicted octanol–water partition coefficient (Wildman–Crippen LogP) is 0.0254. The number of hydrogen-bond donors (Lipinski definition) is 3. The van der Waals surface area contributed by atoms with E-state index in [1.54, 1.807) is 13.8 Å². The zero-order chi connectivity index (χ0) is 15.5. The summed E-state index contributed by atoms with van der Waals surface area (Å²) in [6, 6.07) is 2.73. The molecule has 0 bridgehead atoms. The Morgan fingerprint density at radius 1 is 1.25 bits per heavy atom. The molecule has 0 unspecified atom stereocenters. The van der Waals surface area contributed by atoms with Crippen molar-refractivity contribution in [3.63, 3.8) is 0 Å². The third-order valence-electron chi connectivity index (χ3n) is 2.74. The minimum absolute atomic E-state index is 0.0737. The summed E-state index contributed by atoms with van der Waals surface area (Å²) < 4.78 is 22.7. The second kappa shape index (κ2) is 6.02. The van der Waals surface area contributed by atoms with E-state index in [-0.39, 0.29) is 17.3 Å². The minimum Gasteiger partial charge on any atom is -0.347 e. The fourth-order valence-electron chi connectivity index (χ4n) is 1.52. The standard InChI is InChI=1S/C12H17N3O4S/c1-7-4-10(20(13,18)19)5-11(8(7)2)15-12(17)6-14-9(3)16/h4-5H,6H2,1-3H3,(H,14,16)(H,15,17)(H2,13,18,19). The van der Waals surface area contributed by atoms with Crippen molar-refractivity contribution in [2.75, 3.05) is 11.9 Å². The summed E-state index contributed by atoms with van der Waals surface area (Å²) in [6.07, 6.45) is 0. The number of aryl methyl sites for hydroxylation is 1. The second-order valence-electron chi connectivity index (χ2n) is 4.42. The van der Waals surface area contributed by atoms with Crippen molar-refractivity contribution in [3.8, 4) is 0 Å². The molecule has 0 atom stereocenters. The number of primary sulfonamides is 1. The lowest BCUT2D eigenvalue weighted by Crippen LogP contribution is -2.31. The van der Waals surface area contributed by atoms with Gasteiger partial charge in [-0.1, -0.05) is 0 Å². The largest absolute Gasteiger partial charge is 0.347 e. The van der Waals surface area contributed by atoms with Gasteiger partial charge in [-0.2, -0.15) is 0 Å². The van der Waals surface area contributed by atoms with Gasteiger partial charge >= 0.3 is 0 Å². The lowest BCUT2D eigenvalue weighted by atomic mass is 10.1. The van der Waals surface area contributed by atoms with E-state index in [9.17, 15) is 18.0 Å². The summed E-state index contributed by atoms with van der Waals surface area (Å²) in [6.45, 7) is 4.57. The number of sulfonamides is 1. The third kappa shape index (κ3) is 4.32. The number of nitrogens with one attached hydrogen (secondary N) is 2. The highest BCUT2D eigenvalue weighted by Crippen LogP contribution is 2.23. The molecule has 4 N–H and O–H groups in total. The molecule has 20 heavy (non-hydrogen) atoms. The SMILES string of the molecule is CC(=O)NCC(=O)Nc1cc(S(N)(=O)=O)cc(C)c1C. The van der Waals surface area contributed by atoms with Crippen LogP contribution in [0.2, 0.25) is 0 Å². The van der Waals surface area contributed by atoms with E-state index in [0.29, 0.717) is 11.3 Å². The molecule has 8 heteroatoms. The van der Waals surface area contributed by atoms with Crippen molar-refractivity contribution >= 4 is 27.5 Å². The molecule has 0 saturated heterocycles. The highest BCUT2D eigenvalue weighted by atomic mass is 32.2. The van der Waals surface area contributed by atoms with E-state index in [1.807, 2.05) is 0 Å². The van der Waals surface area contributed by atoms with Crippen LogP contribution in [0.1, 0.15) is 18.1 Å². The molecule has 1 aromatic rings. The lowest BCUT2D eigenvalue weighted by molar-refractivity contribution is -0.122. The first-order valence-corrected chi connectivity index (χ1v) is 7.34. The number of carbonyl (C=O) groups is 2. The Morgan fingerprint density at radius 3 is 2.35 bits per heavy atom. The summed E-state index contributed by atoms with van der Waals surface area (Å²) in [5, 5.41) is 9.97. The molecule has 0 saturated carbocycles. The summed E-state index contributed by atoms with van der Waals surface area (Å²) in [7, 11) is -3.85.